The van der Waals surface area contributed by atoms with Crippen LogP contribution in [0, 0.1) is 0 Å². The molecule has 100 valence electrons. The summed E-state index contributed by atoms with van der Waals surface area (Å²) >= 11 is 1.72. The maximum absolute atomic E-state index is 4.86. The molecule has 4 rings (SSSR count). The summed E-state index contributed by atoms with van der Waals surface area (Å²) in [6.45, 7) is 1.10. The summed E-state index contributed by atoms with van der Waals surface area (Å²) in [4.78, 5) is 10.4. The first-order chi connectivity index (χ1) is 9.92. The number of rotatable bonds is 2. The lowest BCUT2D eigenvalue weighted by atomic mass is 10.1. The molecule has 0 radical (unpaired) electrons. The molecule has 0 amide bonds. The summed E-state index contributed by atoms with van der Waals surface area (Å²) in [6, 6.07) is 12.9. The lowest BCUT2D eigenvalue weighted by Crippen LogP contribution is -2.12. The molecule has 1 aromatic carbocycles. The molecule has 0 unspecified atom stereocenters. The molecule has 3 aromatic rings. The Hall–Kier alpha value is -1.78. The van der Waals surface area contributed by atoms with Gasteiger partial charge >= 0.3 is 0 Å². The molecule has 1 fully saturated rings. The third-order valence-corrected chi connectivity index (χ3v) is 4.83. The molecule has 0 bridgehead atoms. The van der Waals surface area contributed by atoms with Crippen molar-refractivity contribution < 1.29 is 0 Å². The zero-order valence-electron chi connectivity index (χ0n) is 11.0. The van der Waals surface area contributed by atoms with Crippen molar-refractivity contribution in [2.45, 2.75) is 18.9 Å². The number of fused-ring (bicyclic) bond motifs is 1. The molecule has 0 saturated carbocycles. The smallest absolute Gasteiger partial charge is 0.144 e. The third kappa shape index (κ3) is 2.01. The SMILES string of the molecule is c1ccc(-c2ccnc3sc([C@@H]4CCCN4)nc23)cc1. The highest BCUT2D eigenvalue weighted by atomic mass is 32.1. The van der Waals surface area contributed by atoms with Crippen LogP contribution in [0.25, 0.3) is 21.5 Å². The maximum atomic E-state index is 4.86. The lowest BCUT2D eigenvalue weighted by molar-refractivity contribution is 0.644. The van der Waals surface area contributed by atoms with E-state index in [1.807, 2.05) is 12.3 Å². The molecular formula is C16H15N3S. The van der Waals surface area contributed by atoms with E-state index in [0.717, 1.165) is 16.9 Å². The van der Waals surface area contributed by atoms with Gasteiger partial charge in [0.25, 0.3) is 0 Å². The van der Waals surface area contributed by atoms with E-state index in [-0.39, 0.29) is 0 Å². The van der Waals surface area contributed by atoms with E-state index in [1.54, 1.807) is 11.3 Å². The van der Waals surface area contributed by atoms with Crippen LogP contribution in [-0.4, -0.2) is 16.5 Å². The van der Waals surface area contributed by atoms with Gasteiger partial charge in [0.15, 0.2) is 0 Å². The second-order valence-corrected chi connectivity index (χ2v) is 6.09. The Balaban J connectivity index is 1.85. The van der Waals surface area contributed by atoms with Crippen LogP contribution in [0.4, 0.5) is 0 Å². The molecular weight excluding hydrogens is 266 g/mol. The number of nitrogens with one attached hydrogen (secondary N) is 1. The van der Waals surface area contributed by atoms with Crippen LogP contribution in [0.15, 0.2) is 42.6 Å². The molecule has 0 spiro atoms. The van der Waals surface area contributed by atoms with Gasteiger partial charge in [0.1, 0.15) is 15.4 Å². The van der Waals surface area contributed by atoms with Crippen molar-refractivity contribution in [1.29, 1.82) is 0 Å². The normalized spacial score (nSPS) is 18.7. The largest absolute Gasteiger partial charge is 0.308 e. The molecule has 4 heteroatoms. The predicted molar refractivity (Wildman–Crippen MR) is 82.8 cm³/mol. The predicted octanol–water partition coefficient (Wildman–Crippen LogP) is 3.78. The molecule has 2 aromatic heterocycles. The molecule has 0 aliphatic carbocycles. The van der Waals surface area contributed by atoms with Crippen LogP contribution in [-0.2, 0) is 0 Å². The Morgan fingerprint density at radius 2 is 2.05 bits per heavy atom. The molecule has 3 nitrogen and oxygen atoms in total. The number of nitrogens with zero attached hydrogens (tertiary/aromatic N) is 2. The van der Waals surface area contributed by atoms with Crippen molar-refractivity contribution in [3.63, 3.8) is 0 Å². The fourth-order valence-electron chi connectivity index (χ4n) is 2.74. The van der Waals surface area contributed by atoms with E-state index in [0.29, 0.717) is 6.04 Å². The number of thiazole rings is 1. The number of hydrogen-bond acceptors (Lipinski definition) is 4. The first kappa shape index (κ1) is 12.0. The number of hydrogen-bond donors (Lipinski definition) is 1. The lowest BCUT2D eigenvalue weighted by Gasteiger charge is -2.04. The van der Waals surface area contributed by atoms with Gasteiger partial charge < -0.3 is 5.32 Å². The van der Waals surface area contributed by atoms with E-state index in [9.17, 15) is 0 Å². The first-order valence-corrected chi connectivity index (χ1v) is 7.78. The minimum atomic E-state index is 0.415. The molecule has 1 atom stereocenters. The Morgan fingerprint density at radius 3 is 2.85 bits per heavy atom. The molecule has 1 N–H and O–H groups in total. The van der Waals surface area contributed by atoms with Gasteiger partial charge in [-0.05, 0) is 31.0 Å². The Labute approximate surface area is 121 Å². The zero-order chi connectivity index (χ0) is 13.4. The summed E-state index contributed by atoms with van der Waals surface area (Å²) in [5.74, 6) is 0. The minimum Gasteiger partial charge on any atom is -0.308 e. The van der Waals surface area contributed by atoms with Gasteiger partial charge in [-0.2, -0.15) is 0 Å². The highest BCUT2D eigenvalue weighted by Crippen LogP contribution is 2.34. The maximum Gasteiger partial charge on any atom is 0.144 e. The van der Waals surface area contributed by atoms with Gasteiger partial charge in [0.05, 0.1) is 6.04 Å². The van der Waals surface area contributed by atoms with Crippen LogP contribution >= 0.6 is 11.3 Å². The van der Waals surface area contributed by atoms with Crippen LogP contribution in [0.5, 0.6) is 0 Å². The van der Waals surface area contributed by atoms with E-state index in [1.165, 1.54) is 29.0 Å². The summed E-state index contributed by atoms with van der Waals surface area (Å²) in [7, 11) is 0. The summed E-state index contributed by atoms with van der Waals surface area (Å²) in [5, 5.41) is 4.69. The van der Waals surface area contributed by atoms with Gasteiger partial charge in [0.2, 0.25) is 0 Å². The third-order valence-electron chi connectivity index (χ3n) is 3.76. The topological polar surface area (TPSA) is 37.8 Å². The van der Waals surface area contributed by atoms with Crippen molar-refractivity contribution >= 4 is 21.7 Å². The van der Waals surface area contributed by atoms with Gasteiger partial charge in [-0.1, -0.05) is 41.7 Å². The quantitative estimate of drug-likeness (QED) is 0.776. The van der Waals surface area contributed by atoms with E-state index >= 15 is 0 Å². The Bertz CT molecular complexity index is 730. The zero-order valence-corrected chi connectivity index (χ0v) is 11.9. The van der Waals surface area contributed by atoms with E-state index in [4.69, 9.17) is 4.98 Å². The average Bonchev–Trinajstić information content (AvgIpc) is 3.16. The standard InChI is InChI=1S/C16H15N3S/c1-2-5-11(6-3-1)12-8-10-18-16-14(12)19-15(20-16)13-7-4-9-17-13/h1-3,5-6,8,10,13,17H,4,7,9H2/t13-/m0/s1. The summed E-state index contributed by atoms with van der Waals surface area (Å²) < 4.78 is 0. The van der Waals surface area contributed by atoms with Gasteiger partial charge in [-0.25, -0.2) is 9.97 Å². The van der Waals surface area contributed by atoms with E-state index in [2.05, 4.69) is 40.6 Å². The van der Waals surface area contributed by atoms with Gasteiger partial charge in [-0.3, -0.25) is 0 Å². The van der Waals surface area contributed by atoms with Gasteiger partial charge in [-0.15, -0.1) is 0 Å². The van der Waals surface area contributed by atoms with Crippen molar-refractivity contribution in [2.75, 3.05) is 6.54 Å². The summed E-state index contributed by atoms with van der Waals surface area (Å²) in [6.07, 6.45) is 4.30. The first-order valence-electron chi connectivity index (χ1n) is 6.96. The van der Waals surface area contributed by atoms with Crippen LogP contribution in [0.3, 0.4) is 0 Å². The molecule has 1 aliphatic heterocycles. The highest BCUT2D eigenvalue weighted by molar-refractivity contribution is 7.18. The Morgan fingerprint density at radius 1 is 1.15 bits per heavy atom. The molecule has 3 heterocycles. The van der Waals surface area contributed by atoms with Crippen molar-refractivity contribution in [3.8, 4) is 11.1 Å². The number of benzene rings is 1. The number of aromatic nitrogens is 2. The molecule has 1 saturated heterocycles. The second kappa shape index (κ2) is 4.96. The minimum absolute atomic E-state index is 0.415. The monoisotopic (exact) mass is 281 g/mol. The molecule has 20 heavy (non-hydrogen) atoms. The van der Waals surface area contributed by atoms with Crippen molar-refractivity contribution in [3.05, 3.63) is 47.6 Å². The van der Waals surface area contributed by atoms with Crippen LogP contribution in [0.1, 0.15) is 23.9 Å². The second-order valence-electron chi connectivity index (χ2n) is 5.08. The fraction of sp³-hybridized carbons (Fsp3) is 0.250. The van der Waals surface area contributed by atoms with Crippen molar-refractivity contribution in [2.24, 2.45) is 0 Å². The van der Waals surface area contributed by atoms with E-state index < -0.39 is 0 Å². The number of pyridine rings is 1. The van der Waals surface area contributed by atoms with Crippen molar-refractivity contribution in [1.82, 2.24) is 15.3 Å². The summed E-state index contributed by atoms with van der Waals surface area (Å²) in [5.41, 5.74) is 3.42. The molecule has 1 aliphatic rings. The Kier molecular flexibility index (Phi) is 2.98. The van der Waals surface area contributed by atoms with Crippen LogP contribution in [0.2, 0.25) is 0 Å². The van der Waals surface area contributed by atoms with Gasteiger partial charge in [0, 0.05) is 11.8 Å². The fourth-order valence-corrected chi connectivity index (χ4v) is 3.79. The average molecular weight is 281 g/mol. The van der Waals surface area contributed by atoms with Crippen LogP contribution < -0.4 is 5.32 Å². The highest BCUT2D eigenvalue weighted by Gasteiger charge is 2.21.